The number of nitrogens with one attached hydrogen (secondary N) is 1. The molecule has 0 aliphatic carbocycles. The molecule has 2 heterocycles. The van der Waals surface area contributed by atoms with Crippen molar-refractivity contribution in [2.75, 3.05) is 32.7 Å². The average molecular weight is 325 g/mol. The van der Waals surface area contributed by atoms with Gasteiger partial charge in [0.25, 0.3) is 0 Å². The Kier molecular flexibility index (Phi) is 6.72. The molecule has 2 saturated heterocycles. The van der Waals surface area contributed by atoms with Crippen molar-refractivity contribution in [1.82, 2.24) is 15.1 Å². The smallest absolute Gasteiger partial charge is 0.410 e. The van der Waals surface area contributed by atoms with Crippen molar-refractivity contribution in [2.45, 2.75) is 77.5 Å². The van der Waals surface area contributed by atoms with Gasteiger partial charge in [0.1, 0.15) is 5.60 Å². The fraction of sp³-hybridized carbons (Fsp3) is 0.944. The van der Waals surface area contributed by atoms with Crippen LogP contribution in [-0.4, -0.2) is 66.3 Å². The van der Waals surface area contributed by atoms with Crippen LogP contribution in [0.1, 0.15) is 59.8 Å². The van der Waals surface area contributed by atoms with Gasteiger partial charge in [-0.05, 0) is 72.5 Å². The maximum atomic E-state index is 12.3. The summed E-state index contributed by atoms with van der Waals surface area (Å²) in [5, 5.41) is 3.72. The van der Waals surface area contributed by atoms with Gasteiger partial charge in [0, 0.05) is 25.2 Å². The number of amides is 1. The van der Waals surface area contributed by atoms with Crippen LogP contribution in [0.25, 0.3) is 0 Å². The van der Waals surface area contributed by atoms with Crippen LogP contribution in [0.4, 0.5) is 4.79 Å². The first-order valence-corrected chi connectivity index (χ1v) is 9.34. The topological polar surface area (TPSA) is 44.8 Å². The molecule has 0 bridgehead atoms. The van der Waals surface area contributed by atoms with E-state index in [1.165, 1.54) is 32.4 Å². The van der Waals surface area contributed by atoms with Crippen LogP contribution in [0.15, 0.2) is 0 Å². The number of likely N-dealkylation sites (tertiary alicyclic amines) is 2. The number of carbonyl (C=O) groups is 1. The standard InChI is InChI=1S/C18H35N3O2/c1-5-20-11-6-8-15(10-13-20)19-14-16-9-7-12-21(16)17(22)23-18(2,3)4/h15-16,19H,5-14H2,1-4H3. The molecule has 5 nitrogen and oxygen atoms in total. The first-order valence-electron chi connectivity index (χ1n) is 9.34. The molecule has 0 radical (unpaired) electrons. The van der Waals surface area contributed by atoms with Gasteiger partial charge in [-0.25, -0.2) is 4.79 Å². The Hall–Kier alpha value is -0.810. The van der Waals surface area contributed by atoms with Gasteiger partial charge in [-0.1, -0.05) is 6.92 Å². The molecule has 2 unspecified atom stereocenters. The molecule has 2 aliphatic heterocycles. The Morgan fingerprint density at radius 2 is 1.87 bits per heavy atom. The molecule has 0 saturated carbocycles. The second-order valence-corrected chi connectivity index (χ2v) is 7.94. The van der Waals surface area contributed by atoms with E-state index < -0.39 is 5.60 Å². The molecule has 2 aliphatic rings. The van der Waals surface area contributed by atoms with E-state index in [2.05, 4.69) is 17.1 Å². The van der Waals surface area contributed by atoms with E-state index in [9.17, 15) is 4.79 Å². The minimum Gasteiger partial charge on any atom is -0.444 e. The van der Waals surface area contributed by atoms with Crippen molar-refractivity contribution in [1.29, 1.82) is 0 Å². The first-order chi connectivity index (χ1) is 10.9. The molecule has 1 N–H and O–H groups in total. The summed E-state index contributed by atoms with van der Waals surface area (Å²) in [6, 6.07) is 0.878. The maximum absolute atomic E-state index is 12.3. The highest BCUT2D eigenvalue weighted by molar-refractivity contribution is 5.69. The number of hydrogen-bond donors (Lipinski definition) is 1. The molecule has 5 heteroatoms. The maximum Gasteiger partial charge on any atom is 0.410 e. The van der Waals surface area contributed by atoms with Crippen LogP contribution in [-0.2, 0) is 4.74 Å². The summed E-state index contributed by atoms with van der Waals surface area (Å²) in [6.45, 7) is 13.3. The summed E-state index contributed by atoms with van der Waals surface area (Å²) in [4.78, 5) is 16.8. The van der Waals surface area contributed by atoms with Gasteiger partial charge in [-0.3, -0.25) is 0 Å². The normalized spacial score (nSPS) is 27.0. The zero-order chi connectivity index (χ0) is 16.9. The number of carbonyl (C=O) groups excluding carboxylic acids is 1. The predicted octanol–water partition coefficient (Wildman–Crippen LogP) is 2.85. The monoisotopic (exact) mass is 325 g/mol. The number of rotatable bonds is 4. The van der Waals surface area contributed by atoms with Gasteiger partial charge in [0.05, 0.1) is 0 Å². The summed E-state index contributed by atoms with van der Waals surface area (Å²) in [5.41, 5.74) is -0.414. The molecule has 2 rings (SSSR count). The first kappa shape index (κ1) is 18.5. The second-order valence-electron chi connectivity index (χ2n) is 7.94. The van der Waals surface area contributed by atoms with Crippen LogP contribution < -0.4 is 5.32 Å². The van der Waals surface area contributed by atoms with Gasteiger partial charge in [-0.15, -0.1) is 0 Å². The van der Waals surface area contributed by atoms with E-state index in [0.29, 0.717) is 6.04 Å². The van der Waals surface area contributed by atoms with E-state index in [0.717, 1.165) is 32.5 Å². The van der Waals surface area contributed by atoms with E-state index in [1.807, 2.05) is 25.7 Å². The summed E-state index contributed by atoms with van der Waals surface area (Å²) < 4.78 is 5.54. The van der Waals surface area contributed by atoms with Crippen molar-refractivity contribution in [2.24, 2.45) is 0 Å². The second kappa shape index (κ2) is 8.34. The molecule has 23 heavy (non-hydrogen) atoms. The highest BCUT2D eigenvalue weighted by Gasteiger charge is 2.32. The van der Waals surface area contributed by atoms with Crippen LogP contribution in [0.2, 0.25) is 0 Å². The molecule has 0 aromatic heterocycles. The van der Waals surface area contributed by atoms with Gasteiger partial charge in [-0.2, -0.15) is 0 Å². The lowest BCUT2D eigenvalue weighted by Crippen LogP contribution is -2.46. The lowest BCUT2D eigenvalue weighted by atomic mass is 10.1. The summed E-state index contributed by atoms with van der Waals surface area (Å²) in [6.07, 6.45) is 5.74. The minimum absolute atomic E-state index is 0.153. The molecule has 1 amide bonds. The van der Waals surface area contributed by atoms with Crippen molar-refractivity contribution in [3.63, 3.8) is 0 Å². The fourth-order valence-corrected chi connectivity index (χ4v) is 3.59. The number of ether oxygens (including phenoxy) is 1. The zero-order valence-electron chi connectivity index (χ0n) is 15.4. The van der Waals surface area contributed by atoms with Crippen molar-refractivity contribution in [3.05, 3.63) is 0 Å². The van der Waals surface area contributed by atoms with Crippen molar-refractivity contribution >= 4 is 6.09 Å². The van der Waals surface area contributed by atoms with E-state index in [1.54, 1.807) is 0 Å². The minimum atomic E-state index is -0.414. The third-order valence-corrected chi connectivity index (χ3v) is 4.92. The van der Waals surface area contributed by atoms with Crippen LogP contribution in [0.5, 0.6) is 0 Å². The molecule has 134 valence electrons. The molecule has 0 spiro atoms. The summed E-state index contributed by atoms with van der Waals surface area (Å²) in [5.74, 6) is 0. The van der Waals surface area contributed by atoms with Gasteiger partial charge in [0.15, 0.2) is 0 Å². The van der Waals surface area contributed by atoms with E-state index >= 15 is 0 Å². The zero-order valence-corrected chi connectivity index (χ0v) is 15.4. The quantitative estimate of drug-likeness (QED) is 0.863. The van der Waals surface area contributed by atoms with Crippen LogP contribution >= 0.6 is 0 Å². The third-order valence-electron chi connectivity index (χ3n) is 4.92. The van der Waals surface area contributed by atoms with Crippen LogP contribution in [0, 0.1) is 0 Å². The number of hydrogen-bond acceptors (Lipinski definition) is 4. The SMILES string of the molecule is CCN1CCCC(NCC2CCCN2C(=O)OC(C)(C)C)CC1. The Labute approximate surface area is 141 Å². The number of nitrogens with zero attached hydrogens (tertiary/aromatic N) is 2. The Balaban J connectivity index is 1.79. The summed E-state index contributed by atoms with van der Waals surface area (Å²) in [7, 11) is 0. The average Bonchev–Trinajstić information content (AvgIpc) is 2.82. The van der Waals surface area contributed by atoms with Gasteiger partial charge < -0.3 is 19.9 Å². The molecule has 0 aromatic carbocycles. The predicted molar refractivity (Wildman–Crippen MR) is 93.7 cm³/mol. The lowest BCUT2D eigenvalue weighted by Gasteiger charge is -2.29. The molecule has 2 atom stereocenters. The Bertz CT molecular complexity index is 381. The third kappa shape index (κ3) is 5.96. The summed E-state index contributed by atoms with van der Waals surface area (Å²) >= 11 is 0. The fourth-order valence-electron chi connectivity index (χ4n) is 3.59. The molecular weight excluding hydrogens is 290 g/mol. The molecule has 2 fully saturated rings. The Morgan fingerprint density at radius 1 is 1.13 bits per heavy atom. The van der Waals surface area contributed by atoms with Gasteiger partial charge in [0.2, 0.25) is 0 Å². The molecule has 0 aromatic rings. The highest BCUT2D eigenvalue weighted by atomic mass is 16.6. The van der Waals surface area contributed by atoms with Crippen molar-refractivity contribution in [3.8, 4) is 0 Å². The van der Waals surface area contributed by atoms with E-state index in [4.69, 9.17) is 4.74 Å². The van der Waals surface area contributed by atoms with Gasteiger partial charge >= 0.3 is 6.09 Å². The largest absolute Gasteiger partial charge is 0.444 e. The highest BCUT2D eigenvalue weighted by Crippen LogP contribution is 2.21. The van der Waals surface area contributed by atoms with E-state index in [-0.39, 0.29) is 12.1 Å². The Morgan fingerprint density at radius 3 is 2.57 bits per heavy atom. The van der Waals surface area contributed by atoms with Crippen LogP contribution in [0.3, 0.4) is 0 Å². The molecular formula is C18H35N3O2. The lowest BCUT2D eigenvalue weighted by molar-refractivity contribution is 0.0224. The van der Waals surface area contributed by atoms with Crippen molar-refractivity contribution < 1.29 is 9.53 Å².